The molecule has 0 aliphatic heterocycles. The van der Waals surface area contributed by atoms with Gasteiger partial charge in [-0.15, -0.1) is 0 Å². The second kappa shape index (κ2) is 12.8. The molecule has 1 heterocycles. The maximum atomic E-state index is 5.57. The Morgan fingerprint density at radius 1 is 1.00 bits per heavy atom. The van der Waals surface area contributed by atoms with Crippen LogP contribution in [0.2, 0.25) is 0 Å². The van der Waals surface area contributed by atoms with Crippen LogP contribution in [-0.2, 0) is 32.1 Å². The number of methoxy groups -OCH3 is 1. The minimum atomic E-state index is 0.547. The topological polar surface area (TPSA) is 62.1 Å². The standard InChI is InChI=1S/C15H27NO5/c1-3-16-12-15-14(4-5-21-15)13-20-11-10-19-9-8-18-7-6-17-2/h4-5,16H,3,6-13H2,1-2H3. The molecule has 1 aromatic heterocycles. The van der Waals surface area contributed by atoms with E-state index in [0.717, 1.165) is 24.4 Å². The lowest BCUT2D eigenvalue weighted by Crippen LogP contribution is -2.13. The van der Waals surface area contributed by atoms with Crippen molar-refractivity contribution in [1.82, 2.24) is 5.32 Å². The van der Waals surface area contributed by atoms with Gasteiger partial charge in [0.25, 0.3) is 0 Å². The van der Waals surface area contributed by atoms with Gasteiger partial charge in [0.05, 0.1) is 59.1 Å². The van der Waals surface area contributed by atoms with E-state index in [1.54, 1.807) is 13.4 Å². The fourth-order valence-corrected chi connectivity index (χ4v) is 1.65. The van der Waals surface area contributed by atoms with Crippen LogP contribution in [0.5, 0.6) is 0 Å². The normalized spacial score (nSPS) is 11.1. The van der Waals surface area contributed by atoms with Crippen LogP contribution in [0.3, 0.4) is 0 Å². The molecule has 6 heteroatoms. The summed E-state index contributed by atoms with van der Waals surface area (Å²) in [6.07, 6.45) is 1.69. The molecule has 0 unspecified atom stereocenters. The highest BCUT2D eigenvalue weighted by Gasteiger charge is 2.05. The molecule has 0 spiro atoms. The number of rotatable bonds is 14. The summed E-state index contributed by atoms with van der Waals surface area (Å²) in [5.74, 6) is 0.935. The van der Waals surface area contributed by atoms with E-state index < -0.39 is 0 Å². The Morgan fingerprint density at radius 3 is 2.33 bits per heavy atom. The molecular weight excluding hydrogens is 274 g/mol. The van der Waals surface area contributed by atoms with Crippen molar-refractivity contribution < 1.29 is 23.4 Å². The first-order valence-corrected chi connectivity index (χ1v) is 7.36. The van der Waals surface area contributed by atoms with E-state index in [-0.39, 0.29) is 0 Å². The summed E-state index contributed by atoms with van der Waals surface area (Å²) < 4.78 is 26.5. The van der Waals surface area contributed by atoms with Crippen molar-refractivity contribution in [1.29, 1.82) is 0 Å². The Labute approximate surface area is 126 Å². The first-order chi connectivity index (χ1) is 10.4. The molecule has 0 radical (unpaired) electrons. The van der Waals surface area contributed by atoms with Gasteiger partial charge in [-0.05, 0) is 12.6 Å². The Hall–Kier alpha value is -0.920. The highest BCUT2D eigenvalue weighted by Crippen LogP contribution is 2.11. The first kappa shape index (κ1) is 18.1. The van der Waals surface area contributed by atoms with Crippen LogP contribution in [0.15, 0.2) is 16.7 Å². The van der Waals surface area contributed by atoms with Gasteiger partial charge in [-0.3, -0.25) is 0 Å². The third-order valence-electron chi connectivity index (χ3n) is 2.81. The monoisotopic (exact) mass is 301 g/mol. The Bertz CT molecular complexity index is 343. The van der Waals surface area contributed by atoms with Crippen LogP contribution in [0.1, 0.15) is 18.2 Å². The summed E-state index contributed by atoms with van der Waals surface area (Å²) in [4.78, 5) is 0. The fraction of sp³-hybridized carbons (Fsp3) is 0.733. The fourth-order valence-electron chi connectivity index (χ4n) is 1.65. The lowest BCUT2D eigenvalue weighted by molar-refractivity contribution is 0.000702. The average Bonchev–Trinajstić information content (AvgIpc) is 2.94. The second-order valence-electron chi connectivity index (χ2n) is 4.42. The molecule has 21 heavy (non-hydrogen) atoms. The molecule has 1 rings (SSSR count). The van der Waals surface area contributed by atoms with Crippen LogP contribution in [0, 0.1) is 0 Å². The molecule has 0 saturated heterocycles. The van der Waals surface area contributed by atoms with Crippen LogP contribution >= 0.6 is 0 Å². The van der Waals surface area contributed by atoms with Crippen molar-refractivity contribution in [3.05, 3.63) is 23.7 Å². The zero-order valence-corrected chi connectivity index (χ0v) is 13.1. The molecule has 6 nitrogen and oxygen atoms in total. The third kappa shape index (κ3) is 8.85. The van der Waals surface area contributed by atoms with E-state index in [2.05, 4.69) is 12.2 Å². The minimum absolute atomic E-state index is 0.547. The van der Waals surface area contributed by atoms with Gasteiger partial charge >= 0.3 is 0 Å². The van der Waals surface area contributed by atoms with E-state index in [1.807, 2.05) is 6.07 Å². The predicted molar refractivity (Wildman–Crippen MR) is 79.3 cm³/mol. The molecule has 0 saturated carbocycles. The molecular formula is C15H27NO5. The van der Waals surface area contributed by atoms with Crippen molar-refractivity contribution in [2.24, 2.45) is 0 Å². The smallest absolute Gasteiger partial charge is 0.123 e. The van der Waals surface area contributed by atoms with Gasteiger partial charge < -0.3 is 28.7 Å². The largest absolute Gasteiger partial charge is 0.468 e. The number of hydrogen-bond acceptors (Lipinski definition) is 6. The van der Waals surface area contributed by atoms with Gasteiger partial charge in [-0.2, -0.15) is 0 Å². The molecule has 0 aliphatic rings. The average molecular weight is 301 g/mol. The lowest BCUT2D eigenvalue weighted by Gasteiger charge is -2.07. The van der Waals surface area contributed by atoms with Crippen LogP contribution < -0.4 is 5.32 Å². The van der Waals surface area contributed by atoms with E-state index >= 15 is 0 Å². The van der Waals surface area contributed by atoms with Crippen molar-refractivity contribution in [2.45, 2.75) is 20.1 Å². The number of hydrogen-bond donors (Lipinski definition) is 1. The van der Waals surface area contributed by atoms with E-state index in [0.29, 0.717) is 46.2 Å². The molecule has 0 bridgehead atoms. The maximum absolute atomic E-state index is 5.57. The van der Waals surface area contributed by atoms with E-state index in [1.165, 1.54) is 0 Å². The summed E-state index contributed by atoms with van der Waals surface area (Å²) in [5.41, 5.74) is 1.08. The molecule has 0 fully saturated rings. The SMILES string of the molecule is CCNCc1occc1COCCOCCOCCOC. The molecule has 0 atom stereocenters. The number of nitrogens with one attached hydrogen (secondary N) is 1. The maximum Gasteiger partial charge on any atom is 0.123 e. The number of ether oxygens (including phenoxy) is 4. The third-order valence-corrected chi connectivity index (χ3v) is 2.81. The summed E-state index contributed by atoms with van der Waals surface area (Å²) in [7, 11) is 1.65. The highest BCUT2D eigenvalue weighted by atomic mass is 16.6. The second-order valence-corrected chi connectivity index (χ2v) is 4.42. The molecule has 0 aliphatic carbocycles. The summed E-state index contributed by atoms with van der Waals surface area (Å²) in [6, 6.07) is 1.94. The molecule has 1 aromatic rings. The lowest BCUT2D eigenvalue weighted by atomic mass is 10.2. The van der Waals surface area contributed by atoms with Crippen molar-refractivity contribution >= 4 is 0 Å². The zero-order valence-electron chi connectivity index (χ0n) is 13.1. The quantitative estimate of drug-likeness (QED) is 0.527. The molecule has 1 N–H and O–H groups in total. The van der Waals surface area contributed by atoms with E-state index in [9.17, 15) is 0 Å². The van der Waals surface area contributed by atoms with Gasteiger partial charge in [0.1, 0.15) is 5.76 Å². The first-order valence-electron chi connectivity index (χ1n) is 7.36. The van der Waals surface area contributed by atoms with Crippen molar-refractivity contribution in [2.75, 3.05) is 53.3 Å². The van der Waals surface area contributed by atoms with Crippen LogP contribution in [-0.4, -0.2) is 53.3 Å². The number of furan rings is 1. The zero-order chi connectivity index (χ0) is 15.2. The van der Waals surface area contributed by atoms with Crippen LogP contribution in [0.4, 0.5) is 0 Å². The Morgan fingerprint density at radius 2 is 1.67 bits per heavy atom. The van der Waals surface area contributed by atoms with Gasteiger partial charge in [-0.25, -0.2) is 0 Å². The molecule has 0 aromatic carbocycles. The predicted octanol–water partition coefficient (Wildman–Crippen LogP) is 1.59. The van der Waals surface area contributed by atoms with Crippen molar-refractivity contribution in [3.8, 4) is 0 Å². The summed E-state index contributed by atoms with van der Waals surface area (Å²) in [5, 5.41) is 3.23. The van der Waals surface area contributed by atoms with Crippen LogP contribution in [0.25, 0.3) is 0 Å². The minimum Gasteiger partial charge on any atom is -0.468 e. The Balaban J connectivity index is 1.95. The molecule has 122 valence electrons. The van der Waals surface area contributed by atoms with Gasteiger partial charge in [0.15, 0.2) is 0 Å². The van der Waals surface area contributed by atoms with Gasteiger partial charge in [-0.1, -0.05) is 6.92 Å². The van der Waals surface area contributed by atoms with E-state index in [4.69, 9.17) is 23.4 Å². The summed E-state index contributed by atoms with van der Waals surface area (Å²) >= 11 is 0. The molecule has 0 amide bonds. The van der Waals surface area contributed by atoms with Gasteiger partial charge in [0, 0.05) is 12.7 Å². The Kier molecular flexibility index (Phi) is 11.0. The van der Waals surface area contributed by atoms with Gasteiger partial charge in [0.2, 0.25) is 0 Å². The summed E-state index contributed by atoms with van der Waals surface area (Å²) in [6.45, 7) is 7.76. The highest BCUT2D eigenvalue weighted by molar-refractivity contribution is 5.15. The van der Waals surface area contributed by atoms with Crippen molar-refractivity contribution in [3.63, 3.8) is 0 Å².